The van der Waals surface area contributed by atoms with Gasteiger partial charge in [0.1, 0.15) is 0 Å². The van der Waals surface area contributed by atoms with Gasteiger partial charge in [0.2, 0.25) is 5.16 Å². The van der Waals surface area contributed by atoms with Gasteiger partial charge in [-0.25, -0.2) is 0 Å². The molecule has 2 aliphatic rings. The third kappa shape index (κ3) is 1.43. The monoisotopic (exact) mass is 243 g/mol. The van der Waals surface area contributed by atoms with E-state index >= 15 is 0 Å². The van der Waals surface area contributed by atoms with Crippen molar-refractivity contribution in [2.24, 2.45) is 0 Å². The Balaban J connectivity index is 2.60. The lowest BCUT2D eigenvalue weighted by atomic mass is 10.1. The predicted octanol–water partition coefficient (Wildman–Crippen LogP) is -0.0292. The Bertz CT molecular complexity index is 486. The van der Waals surface area contributed by atoms with Crippen LogP contribution in [0.15, 0.2) is 35.6 Å². The summed E-state index contributed by atoms with van der Waals surface area (Å²) in [6.45, 7) is 0.514. The smallest absolute Gasteiger partial charge is 0.350 e. The minimum Gasteiger partial charge on any atom is -0.480 e. The van der Waals surface area contributed by atoms with Crippen LogP contribution in [0.4, 0.5) is 0 Å². The van der Waals surface area contributed by atoms with Crippen molar-refractivity contribution >= 4 is 13.6 Å². The van der Waals surface area contributed by atoms with Gasteiger partial charge in [-0.15, -0.1) is 0 Å². The van der Waals surface area contributed by atoms with Crippen molar-refractivity contribution in [1.82, 2.24) is 5.32 Å². The first-order valence-electron chi connectivity index (χ1n) is 4.52. The quantitative estimate of drug-likeness (QED) is 0.507. The summed E-state index contributed by atoms with van der Waals surface area (Å²) in [5, 5.41) is 9.64. The van der Waals surface area contributed by atoms with Gasteiger partial charge >= 0.3 is 13.6 Å². The molecule has 1 heterocycles. The Hall–Kier alpha value is -1.36. The van der Waals surface area contributed by atoms with Gasteiger partial charge in [0.15, 0.2) is 0 Å². The summed E-state index contributed by atoms with van der Waals surface area (Å²) in [6.07, 6.45) is 5.56. The van der Waals surface area contributed by atoms with Crippen molar-refractivity contribution in [1.29, 1.82) is 0 Å². The second-order valence-electron chi connectivity index (χ2n) is 3.62. The minimum atomic E-state index is -4.80. The molecule has 0 aromatic heterocycles. The molecule has 0 amide bonds. The number of fused-ring (bicyclic) bond motifs is 1. The molecule has 2 rings (SSSR count). The van der Waals surface area contributed by atoms with E-state index in [2.05, 4.69) is 5.32 Å². The van der Waals surface area contributed by atoms with Gasteiger partial charge in [0.05, 0.1) is 0 Å². The fraction of sp³-hybridized carbons (Fsp3) is 0.222. The van der Waals surface area contributed by atoms with Crippen LogP contribution in [-0.2, 0) is 9.36 Å². The van der Waals surface area contributed by atoms with E-state index in [1.807, 2.05) is 0 Å². The fourth-order valence-electron chi connectivity index (χ4n) is 1.72. The maximum Gasteiger partial charge on any atom is 0.350 e. The molecule has 0 saturated heterocycles. The molecule has 0 radical (unpaired) electrons. The van der Waals surface area contributed by atoms with E-state index in [4.69, 9.17) is 5.11 Å². The molecule has 0 aromatic carbocycles. The molecule has 1 aliphatic heterocycles. The Morgan fingerprint density at radius 2 is 2.12 bits per heavy atom. The largest absolute Gasteiger partial charge is 0.480 e. The minimum absolute atomic E-state index is 0.452. The van der Waals surface area contributed by atoms with Gasteiger partial charge in [0.25, 0.3) is 0 Å². The molecule has 6 nitrogen and oxygen atoms in total. The van der Waals surface area contributed by atoms with E-state index in [0.717, 1.165) is 12.2 Å². The van der Waals surface area contributed by atoms with Gasteiger partial charge in [0, 0.05) is 12.2 Å². The van der Waals surface area contributed by atoms with Crippen LogP contribution in [-0.4, -0.2) is 32.6 Å². The standard InChI is InChI=1S/C9H10NO5P/c11-8(12)9(16(13,14)15)4-6-2-1-3-10-7(6)5-9/h1-2,4-5,10H,3H2,(H,11,12)(H2,13,14,15). The zero-order valence-corrected chi connectivity index (χ0v) is 9.02. The predicted molar refractivity (Wildman–Crippen MR) is 55.7 cm³/mol. The highest BCUT2D eigenvalue weighted by Crippen LogP contribution is 2.56. The van der Waals surface area contributed by atoms with Crippen LogP contribution in [0.2, 0.25) is 0 Å². The highest BCUT2D eigenvalue weighted by atomic mass is 31.2. The maximum absolute atomic E-state index is 11.3. The molecule has 1 atom stereocenters. The molecule has 1 unspecified atom stereocenters. The topological polar surface area (TPSA) is 107 Å². The first-order valence-corrected chi connectivity index (χ1v) is 6.13. The molecule has 7 heteroatoms. The summed E-state index contributed by atoms with van der Waals surface area (Å²) in [7, 11) is -4.80. The first kappa shape index (κ1) is 11.1. The van der Waals surface area contributed by atoms with E-state index < -0.39 is 18.7 Å². The van der Waals surface area contributed by atoms with Gasteiger partial charge < -0.3 is 20.2 Å². The second kappa shape index (κ2) is 3.31. The van der Waals surface area contributed by atoms with Crippen LogP contribution >= 0.6 is 7.60 Å². The molecule has 0 saturated carbocycles. The number of nitrogens with one attached hydrogen (secondary N) is 1. The highest BCUT2D eigenvalue weighted by molar-refractivity contribution is 7.55. The molecular formula is C9H10NO5P. The summed E-state index contributed by atoms with van der Waals surface area (Å²) in [5.41, 5.74) is 0.949. The van der Waals surface area contributed by atoms with Crippen LogP contribution < -0.4 is 5.32 Å². The molecular weight excluding hydrogens is 233 g/mol. The van der Waals surface area contributed by atoms with Crippen LogP contribution in [0, 0.1) is 0 Å². The van der Waals surface area contributed by atoms with Gasteiger partial charge in [-0.2, -0.15) is 0 Å². The van der Waals surface area contributed by atoms with Crippen LogP contribution in [0.1, 0.15) is 0 Å². The summed E-state index contributed by atoms with van der Waals surface area (Å²) < 4.78 is 11.3. The number of rotatable bonds is 2. The molecule has 4 N–H and O–H groups in total. The van der Waals surface area contributed by atoms with E-state index in [1.165, 1.54) is 0 Å². The number of carboxylic acids is 1. The van der Waals surface area contributed by atoms with E-state index in [1.54, 1.807) is 12.2 Å². The molecule has 0 aromatic rings. The second-order valence-corrected chi connectivity index (χ2v) is 5.44. The summed E-state index contributed by atoms with van der Waals surface area (Å²) in [5.74, 6) is -1.55. The number of carbonyl (C=O) groups is 1. The van der Waals surface area contributed by atoms with Gasteiger partial charge in [-0.3, -0.25) is 9.36 Å². The fourth-order valence-corrected chi connectivity index (χ4v) is 2.58. The maximum atomic E-state index is 11.3. The third-order valence-corrected chi connectivity index (χ3v) is 4.00. The SMILES string of the molecule is O=C(O)C1(P(=O)(O)O)C=C2C=CCNC2=C1. The van der Waals surface area contributed by atoms with Crippen molar-refractivity contribution in [3.8, 4) is 0 Å². The average molecular weight is 243 g/mol. The first-order chi connectivity index (χ1) is 7.37. The van der Waals surface area contributed by atoms with Crippen molar-refractivity contribution < 1.29 is 24.3 Å². The number of hydrogen-bond donors (Lipinski definition) is 4. The Morgan fingerprint density at radius 3 is 2.62 bits per heavy atom. The molecule has 1 aliphatic carbocycles. The van der Waals surface area contributed by atoms with E-state index in [9.17, 15) is 19.1 Å². The molecule has 0 spiro atoms. The lowest BCUT2D eigenvalue weighted by molar-refractivity contribution is -0.137. The van der Waals surface area contributed by atoms with Crippen molar-refractivity contribution in [3.63, 3.8) is 0 Å². The molecule has 0 bridgehead atoms. The van der Waals surface area contributed by atoms with Crippen LogP contribution in [0.5, 0.6) is 0 Å². The van der Waals surface area contributed by atoms with E-state index in [-0.39, 0.29) is 0 Å². The lowest BCUT2D eigenvalue weighted by Crippen LogP contribution is -2.33. The zero-order chi connectivity index (χ0) is 12.0. The van der Waals surface area contributed by atoms with Crippen molar-refractivity contribution in [2.45, 2.75) is 5.16 Å². The Labute approximate surface area is 91.1 Å². The number of allylic oxidation sites excluding steroid dienone is 1. The van der Waals surface area contributed by atoms with Crippen LogP contribution in [0.25, 0.3) is 0 Å². The molecule has 86 valence electrons. The highest BCUT2D eigenvalue weighted by Gasteiger charge is 2.53. The third-order valence-electron chi connectivity index (χ3n) is 2.58. The zero-order valence-electron chi connectivity index (χ0n) is 8.12. The summed E-state index contributed by atoms with van der Waals surface area (Å²) >= 11 is 0. The number of carboxylic acid groups (broad SMARTS) is 1. The Morgan fingerprint density at radius 1 is 1.44 bits per heavy atom. The number of hydrogen-bond acceptors (Lipinski definition) is 3. The van der Waals surface area contributed by atoms with Crippen molar-refractivity contribution in [3.05, 3.63) is 35.6 Å². The van der Waals surface area contributed by atoms with Gasteiger partial charge in [-0.05, 0) is 17.7 Å². The van der Waals surface area contributed by atoms with Gasteiger partial charge in [-0.1, -0.05) is 12.2 Å². The van der Waals surface area contributed by atoms with Crippen LogP contribution in [0.3, 0.4) is 0 Å². The Kier molecular flexibility index (Phi) is 2.31. The summed E-state index contributed by atoms with van der Waals surface area (Å²) in [4.78, 5) is 29.4. The molecule has 16 heavy (non-hydrogen) atoms. The molecule has 0 fully saturated rings. The summed E-state index contributed by atoms with van der Waals surface area (Å²) in [6, 6.07) is 0. The normalized spacial score (nSPS) is 27.9. The average Bonchev–Trinajstić information content (AvgIpc) is 2.56. The lowest BCUT2D eigenvalue weighted by Gasteiger charge is -2.20. The van der Waals surface area contributed by atoms with E-state index in [0.29, 0.717) is 17.8 Å². The number of aliphatic carboxylic acids is 1. The van der Waals surface area contributed by atoms with Crippen molar-refractivity contribution in [2.75, 3.05) is 6.54 Å².